The summed E-state index contributed by atoms with van der Waals surface area (Å²) in [6, 6.07) is 10.7. The third-order valence-electron chi connectivity index (χ3n) is 3.41. The summed E-state index contributed by atoms with van der Waals surface area (Å²) >= 11 is 0. The van der Waals surface area contributed by atoms with Crippen LogP contribution >= 0.6 is 0 Å². The minimum atomic E-state index is -0.223. The number of halogens is 1. The minimum absolute atomic E-state index is 0.223. The second kappa shape index (κ2) is 4.94. The highest BCUT2D eigenvalue weighted by Crippen LogP contribution is 2.29. The Morgan fingerprint density at radius 3 is 2.61 bits per heavy atom. The lowest BCUT2D eigenvalue weighted by Crippen LogP contribution is -2.26. The number of nitrogens with one attached hydrogen (secondary N) is 1. The van der Waals surface area contributed by atoms with Crippen molar-refractivity contribution in [1.82, 2.24) is 5.32 Å². The van der Waals surface area contributed by atoms with Gasteiger partial charge in [0.2, 0.25) is 0 Å². The molecule has 2 nitrogen and oxygen atoms in total. The van der Waals surface area contributed by atoms with E-state index < -0.39 is 0 Å². The zero-order chi connectivity index (χ0) is 12.4. The van der Waals surface area contributed by atoms with E-state index in [2.05, 4.69) is 5.32 Å². The second-order valence-electron chi connectivity index (χ2n) is 4.71. The SMILES string of the molecule is Fc1ccc(-c2ccc([C@H]3CCCCN3)o2)cc1. The van der Waals surface area contributed by atoms with Crippen LogP contribution in [-0.2, 0) is 0 Å². The van der Waals surface area contributed by atoms with Gasteiger partial charge in [0.15, 0.2) is 0 Å². The van der Waals surface area contributed by atoms with Crippen LogP contribution in [0.5, 0.6) is 0 Å². The zero-order valence-corrected chi connectivity index (χ0v) is 10.2. The maximum atomic E-state index is 12.9. The van der Waals surface area contributed by atoms with Gasteiger partial charge in [-0.25, -0.2) is 4.39 Å². The molecule has 1 aliphatic rings. The van der Waals surface area contributed by atoms with Crippen LogP contribution < -0.4 is 5.32 Å². The van der Waals surface area contributed by atoms with Crippen molar-refractivity contribution in [1.29, 1.82) is 0 Å². The van der Waals surface area contributed by atoms with E-state index in [1.54, 1.807) is 12.1 Å². The smallest absolute Gasteiger partial charge is 0.134 e. The van der Waals surface area contributed by atoms with Gasteiger partial charge in [0.1, 0.15) is 17.3 Å². The highest BCUT2D eigenvalue weighted by Gasteiger charge is 2.18. The number of furan rings is 1. The van der Waals surface area contributed by atoms with Crippen molar-refractivity contribution in [3.63, 3.8) is 0 Å². The average molecular weight is 245 g/mol. The van der Waals surface area contributed by atoms with Crippen LogP contribution in [0.3, 0.4) is 0 Å². The predicted molar refractivity (Wildman–Crippen MR) is 68.7 cm³/mol. The molecule has 1 saturated heterocycles. The molecule has 0 bridgehead atoms. The van der Waals surface area contributed by atoms with Gasteiger partial charge in [-0.2, -0.15) is 0 Å². The molecule has 2 heterocycles. The quantitative estimate of drug-likeness (QED) is 0.868. The summed E-state index contributed by atoms with van der Waals surface area (Å²) in [6.45, 7) is 1.05. The Kier molecular flexibility index (Phi) is 3.15. The molecule has 0 spiro atoms. The maximum absolute atomic E-state index is 12.9. The maximum Gasteiger partial charge on any atom is 0.134 e. The number of benzene rings is 1. The predicted octanol–water partition coefficient (Wildman–Crippen LogP) is 3.90. The van der Waals surface area contributed by atoms with Gasteiger partial charge in [0.25, 0.3) is 0 Å². The molecule has 3 heteroatoms. The molecule has 1 aromatic heterocycles. The van der Waals surface area contributed by atoms with E-state index in [-0.39, 0.29) is 5.82 Å². The van der Waals surface area contributed by atoms with Crippen molar-refractivity contribution in [3.05, 3.63) is 48.0 Å². The standard InChI is InChI=1S/C15H16FNO/c16-12-6-4-11(5-7-12)14-8-9-15(18-14)13-3-1-2-10-17-13/h4-9,13,17H,1-3,10H2/t13-/m1/s1. The Labute approximate surface area is 106 Å². The van der Waals surface area contributed by atoms with Gasteiger partial charge >= 0.3 is 0 Å². The minimum Gasteiger partial charge on any atom is -0.459 e. The highest BCUT2D eigenvalue weighted by atomic mass is 19.1. The molecule has 2 aromatic rings. The fourth-order valence-electron chi connectivity index (χ4n) is 2.40. The largest absolute Gasteiger partial charge is 0.459 e. The van der Waals surface area contributed by atoms with Crippen LogP contribution in [-0.4, -0.2) is 6.54 Å². The molecule has 1 N–H and O–H groups in total. The summed E-state index contributed by atoms with van der Waals surface area (Å²) in [7, 11) is 0. The lowest BCUT2D eigenvalue weighted by Gasteiger charge is -2.21. The third kappa shape index (κ3) is 2.31. The van der Waals surface area contributed by atoms with Crippen molar-refractivity contribution in [3.8, 4) is 11.3 Å². The summed E-state index contributed by atoms with van der Waals surface area (Å²) in [5, 5.41) is 3.46. The van der Waals surface area contributed by atoms with Gasteiger partial charge in [-0.05, 0) is 55.8 Å². The molecule has 0 aliphatic carbocycles. The van der Waals surface area contributed by atoms with Gasteiger partial charge in [-0.3, -0.25) is 0 Å². The van der Waals surface area contributed by atoms with Crippen molar-refractivity contribution >= 4 is 0 Å². The first-order valence-corrected chi connectivity index (χ1v) is 6.42. The number of piperidine rings is 1. The normalized spacial score (nSPS) is 19.9. The highest BCUT2D eigenvalue weighted by molar-refractivity contribution is 5.57. The van der Waals surface area contributed by atoms with Gasteiger partial charge < -0.3 is 9.73 Å². The molecule has 0 unspecified atom stereocenters. The van der Waals surface area contributed by atoms with Crippen molar-refractivity contribution in [2.24, 2.45) is 0 Å². The molecule has 94 valence electrons. The van der Waals surface area contributed by atoms with Crippen LogP contribution in [0.2, 0.25) is 0 Å². The fraction of sp³-hybridized carbons (Fsp3) is 0.333. The van der Waals surface area contributed by atoms with Crippen molar-refractivity contribution in [2.45, 2.75) is 25.3 Å². The van der Waals surface area contributed by atoms with Crippen molar-refractivity contribution in [2.75, 3.05) is 6.54 Å². The molecule has 1 aliphatic heterocycles. The first-order chi connectivity index (χ1) is 8.83. The zero-order valence-electron chi connectivity index (χ0n) is 10.2. The van der Waals surface area contributed by atoms with E-state index in [1.807, 2.05) is 12.1 Å². The van der Waals surface area contributed by atoms with E-state index >= 15 is 0 Å². The third-order valence-corrected chi connectivity index (χ3v) is 3.41. The molecule has 1 atom stereocenters. The molecule has 1 fully saturated rings. The Morgan fingerprint density at radius 1 is 1.06 bits per heavy atom. The Bertz CT molecular complexity index is 512. The molecule has 0 saturated carbocycles. The van der Waals surface area contributed by atoms with Gasteiger partial charge in [-0.15, -0.1) is 0 Å². The van der Waals surface area contributed by atoms with E-state index in [1.165, 1.54) is 25.0 Å². The number of hydrogen-bond acceptors (Lipinski definition) is 2. The molecule has 1 aromatic carbocycles. The molecular weight excluding hydrogens is 229 g/mol. The molecule has 0 radical (unpaired) electrons. The van der Waals surface area contributed by atoms with Gasteiger partial charge in [-0.1, -0.05) is 6.42 Å². The van der Waals surface area contributed by atoms with Crippen LogP contribution in [0.4, 0.5) is 4.39 Å². The lowest BCUT2D eigenvalue weighted by atomic mass is 10.0. The van der Waals surface area contributed by atoms with E-state index in [9.17, 15) is 4.39 Å². The van der Waals surface area contributed by atoms with Crippen LogP contribution in [0.25, 0.3) is 11.3 Å². The molecular formula is C15H16FNO. The van der Waals surface area contributed by atoms with E-state index in [0.717, 1.165) is 30.0 Å². The van der Waals surface area contributed by atoms with E-state index in [0.29, 0.717) is 6.04 Å². The summed E-state index contributed by atoms with van der Waals surface area (Å²) in [5.74, 6) is 1.56. The Hall–Kier alpha value is -1.61. The summed E-state index contributed by atoms with van der Waals surface area (Å²) in [5.41, 5.74) is 0.915. The summed E-state index contributed by atoms with van der Waals surface area (Å²) < 4.78 is 18.7. The molecule has 0 amide bonds. The van der Waals surface area contributed by atoms with Crippen LogP contribution in [0, 0.1) is 5.82 Å². The van der Waals surface area contributed by atoms with Gasteiger partial charge in [0.05, 0.1) is 6.04 Å². The number of rotatable bonds is 2. The first kappa shape index (κ1) is 11.5. The topological polar surface area (TPSA) is 25.2 Å². The van der Waals surface area contributed by atoms with Crippen molar-refractivity contribution < 1.29 is 8.81 Å². The van der Waals surface area contributed by atoms with Gasteiger partial charge in [0, 0.05) is 5.56 Å². The average Bonchev–Trinajstić information content (AvgIpc) is 2.90. The number of hydrogen-bond donors (Lipinski definition) is 1. The Balaban J connectivity index is 1.82. The summed E-state index contributed by atoms with van der Waals surface area (Å²) in [6.07, 6.45) is 3.60. The van der Waals surface area contributed by atoms with E-state index in [4.69, 9.17) is 4.42 Å². The summed E-state index contributed by atoms with van der Waals surface area (Å²) in [4.78, 5) is 0. The first-order valence-electron chi connectivity index (χ1n) is 6.42. The molecule has 18 heavy (non-hydrogen) atoms. The van der Waals surface area contributed by atoms with Crippen LogP contribution in [0.15, 0.2) is 40.8 Å². The van der Waals surface area contributed by atoms with Crippen LogP contribution in [0.1, 0.15) is 31.1 Å². The monoisotopic (exact) mass is 245 g/mol. The molecule has 3 rings (SSSR count). The Morgan fingerprint density at radius 2 is 1.89 bits per heavy atom. The second-order valence-corrected chi connectivity index (χ2v) is 4.71. The lowest BCUT2D eigenvalue weighted by molar-refractivity contribution is 0.353. The fourth-order valence-corrected chi connectivity index (χ4v) is 2.40.